The zero-order valence-corrected chi connectivity index (χ0v) is 16.6. The first kappa shape index (κ1) is 17.7. The number of benzene rings is 1. The molecule has 0 bridgehead atoms. The van der Waals surface area contributed by atoms with Gasteiger partial charge in [0.25, 0.3) is 0 Å². The summed E-state index contributed by atoms with van der Waals surface area (Å²) in [6.07, 6.45) is 2.01. The van der Waals surface area contributed by atoms with Gasteiger partial charge in [-0.15, -0.1) is 0 Å². The van der Waals surface area contributed by atoms with Gasteiger partial charge in [0, 0.05) is 30.7 Å². The van der Waals surface area contributed by atoms with Gasteiger partial charge < -0.3 is 4.74 Å². The first-order valence-corrected chi connectivity index (χ1v) is 9.46. The number of rotatable bonds is 2. The zero-order chi connectivity index (χ0) is 17.5. The Morgan fingerprint density at radius 2 is 2.00 bits per heavy atom. The van der Waals surface area contributed by atoms with Crippen LogP contribution >= 0.6 is 15.9 Å². The van der Waals surface area contributed by atoms with Gasteiger partial charge in [-0.3, -0.25) is 9.80 Å². The van der Waals surface area contributed by atoms with Crippen LogP contribution in [0.5, 0.6) is 0 Å². The van der Waals surface area contributed by atoms with Crippen LogP contribution in [0.1, 0.15) is 44.7 Å². The van der Waals surface area contributed by atoms with Gasteiger partial charge in [0.1, 0.15) is 5.60 Å². The van der Waals surface area contributed by atoms with Gasteiger partial charge in [-0.05, 0) is 51.7 Å². The molecule has 2 fully saturated rings. The normalized spacial score (nSPS) is 20.3. The molecule has 0 N–H and O–H groups in total. The minimum atomic E-state index is -0.434. The molecule has 1 spiro atoms. The Bertz CT molecular complexity index is 635. The van der Waals surface area contributed by atoms with Crippen LogP contribution in [0.3, 0.4) is 0 Å². The number of halogens is 1. The summed E-state index contributed by atoms with van der Waals surface area (Å²) in [5.74, 6) is 0. The fourth-order valence-corrected chi connectivity index (χ4v) is 3.83. The number of aryl methyl sites for hydroxylation is 1. The number of carbonyl (C=O) groups is 1. The highest BCUT2D eigenvalue weighted by Gasteiger charge is 2.54. The molecule has 3 rings (SSSR count). The van der Waals surface area contributed by atoms with Crippen LogP contribution in [0, 0.1) is 6.92 Å². The summed E-state index contributed by atoms with van der Waals surface area (Å²) in [6.45, 7) is 11.4. The molecule has 1 amide bonds. The van der Waals surface area contributed by atoms with Crippen molar-refractivity contribution in [1.29, 1.82) is 0 Å². The Hall–Kier alpha value is -1.07. The molecule has 1 aliphatic carbocycles. The molecule has 1 saturated carbocycles. The zero-order valence-electron chi connectivity index (χ0n) is 15.1. The summed E-state index contributed by atoms with van der Waals surface area (Å²) >= 11 is 3.71. The van der Waals surface area contributed by atoms with Gasteiger partial charge in [0.15, 0.2) is 0 Å². The maximum Gasteiger partial charge on any atom is 0.410 e. The topological polar surface area (TPSA) is 32.8 Å². The highest BCUT2D eigenvalue weighted by atomic mass is 79.9. The second kappa shape index (κ2) is 6.34. The van der Waals surface area contributed by atoms with Gasteiger partial charge >= 0.3 is 6.09 Å². The highest BCUT2D eigenvalue weighted by molar-refractivity contribution is 9.10. The molecule has 0 unspecified atom stereocenters. The monoisotopic (exact) mass is 394 g/mol. The fourth-order valence-electron chi connectivity index (χ4n) is 3.44. The number of ether oxygens (including phenoxy) is 1. The Labute approximate surface area is 153 Å². The molecule has 1 heterocycles. The molecule has 0 aromatic heterocycles. The van der Waals surface area contributed by atoms with Crippen LogP contribution in [0.2, 0.25) is 0 Å². The fraction of sp³-hybridized carbons (Fsp3) is 0.632. The molecule has 132 valence electrons. The third-order valence-corrected chi connectivity index (χ3v) is 5.97. The average Bonchev–Trinajstić information content (AvgIpc) is 3.21. The van der Waals surface area contributed by atoms with Crippen LogP contribution in [0.4, 0.5) is 4.79 Å². The molecule has 1 aromatic rings. The van der Waals surface area contributed by atoms with E-state index in [1.165, 1.54) is 15.6 Å². The number of hydrogen-bond acceptors (Lipinski definition) is 3. The van der Waals surface area contributed by atoms with E-state index in [0.29, 0.717) is 0 Å². The Kier molecular flexibility index (Phi) is 4.69. The van der Waals surface area contributed by atoms with Crippen molar-refractivity contribution in [3.63, 3.8) is 0 Å². The molecular formula is C19H27BrN2O2. The van der Waals surface area contributed by atoms with Crippen molar-refractivity contribution in [3.8, 4) is 0 Å². The first-order chi connectivity index (χ1) is 11.2. The molecule has 1 aromatic carbocycles. The van der Waals surface area contributed by atoms with Crippen LogP contribution in [-0.4, -0.2) is 46.7 Å². The van der Waals surface area contributed by atoms with Gasteiger partial charge in [-0.2, -0.15) is 0 Å². The Morgan fingerprint density at radius 3 is 2.62 bits per heavy atom. The largest absolute Gasteiger partial charge is 0.444 e. The molecule has 2 aliphatic rings. The summed E-state index contributed by atoms with van der Waals surface area (Å²) in [4.78, 5) is 16.9. The number of nitrogens with zero attached hydrogens (tertiary/aromatic N) is 2. The van der Waals surface area contributed by atoms with E-state index >= 15 is 0 Å². The molecule has 0 radical (unpaired) electrons. The predicted molar refractivity (Wildman–Crippen MR) is 99.1 cm³/mol. The lowest BCUT2D eigenvalue weighted by atomic mass is 10.1. The van der Waals surface area contributed by atoms with E-state index < -0.39 is 5.60 Å². The van der Waals surface area contributed by atoms with E-state index in [1.54, 1.807) is 0 Å². The molecule has 24 heavy (non-hydrogen) atoms. The molecule has 1 aliphatic heterocycles. The number of carbonyl (C=O) groups excluding carboxylic acids is 1. The number of piperazine rings is 1. The Balaban J connectivity index is 1.66. The number of hydrogen-bond donors (Lipinski definition) is 0. The van der Waals surface area contributed by atoms with E-state index in [1.807, 2.05) is 25.7 Å². The lowest BCUT2D eigenvalue weighted by Crippen LogP contribution is -2.57. The van der Waals surface area contributed by atoms with Crippen LogP contribution in [-0.2, 0) is 11.3 Å². The van der Waals surface area contributed by atoms with Crippen molar-refractivity contribution in [3.05, 3.63) is 33.8 Å². The van der Waals surface area contributed by atoms with E-state index in [0.717, 1.165) is 39.0 Å². The quantitative estimate of drug-likeness (QED) is 0.747. The maximum atomic E-state index is 12.5. The molecule has 5 heteroatoms. The van der Waals surface area contributed by atoms with Crippen molar-refractivity contribution in [1.82, 2.24) is 9.80 Å². The third-order valence-electron chi connectivity index (χ3n) is 4.84. The van der Waals surface area contributed by atoms with Gasteiger partial charge in [0.05, 0.1) is 5.54 Å². The second-order valence-electron chi connectivity index (χ2n) is 8.11. The van der Waals surface area contributed by atoms with Crippen molar-refractivity contribution in [2.24, 2.45) is 0 Å². The molecule has 4 nitrogen and oxygen atoms in total. The van der Waals surface area contributed by atoms with Crippen molar-refractivity contribution in [2.45, 2.75) is 58.2 Å². The van der Waals surface area contributed by atoms with Crippen molar-refractivity contribution in [2.75, 3.05) is 19.6 Å². The predicted octanol–water partition coefficient (Wildman–Crippen LogP) is 4.34. The minimum absolute atomic E-state index is 0.00309. The summed E-state index contributed by atoms with van der Waals surface area (Å²) in [7, 11) is 0. The van der Waals surface area contributed by atoms with E-state index in [9.17, 15) is 4.79 Å². The maximum absolute atomic E-state index is 12.5. The van der Waals surface area contributed by atoms with Crippen molar-refractivity contribution >= 4 is 22.0 Å². The third kappa shape index (κ3) is 3.77. The van der Waals surface area contributed by atoms with Gasteiger partial charge in [-0.25, -0.2) is 4.79 Å². The summed E-state index contributed by atoms with van der Waals surface area (Å²) < 4.78 is 6.80. The van der Waals surface area contributed by atoms with E-state index in [2.05, 4.69) is 46.0 Å². The van der Waals surface area contributed by atoms with Crippen molar-refractivity contribution < 1.29 is 9.53 Å². The lowest BCUT2D eigenvalue weighted by Gasteiger charge is -2.42. The van der Waals surface area contributed by atoms with Crippen LogP contribution in [0.15, 0.2) is 22.7 Å². The van der Waals surface area contributed by atoms with E-state index in [4.69, 9.17) is 4.74 Å². The average molecular weight is 395 g/mol. The highest BCUT2D eigenvalue weighted by Crippen LogP contribution is 2.45. The number of amides is 1. The SMILES string of the molecule is Cc1cccc(CN2CCN(C(=O)OC(C)(C)C)C3(CC3)C2)c1Br. The summed E-state index contributed by atoms with van der Waals surface area (Å²) in [6, 6.07) is 6.41. The van der Waals surface area contributed by atoms with Crippen LogP contribution < -0.4 is 0 Å². The molecule has 1 saturated heterocycles. The second-order valence-corrected chi connectivity index (χ2v) is 8.91. The van der Waals surface area contributed by atoms with Gasteiger partial charge in [-0.1, -0.05) is 34.1 Å². The summed E-state index contributed by atoms with van der Waals surface area (Å²) in [5, 5.41) is 0. The minimum Gasteiger partial charge on any atom is -0.444 e. The van der Waals surface area contributed by atoms with Gasteiger partial charge in [0.2, 0.25) is 0 Å². The Morgan fingerprint density at radius 1 is 1.29 bits per heavy atom. The van der Waals surface area contributed by atoms with Crippen LogP contribution in [0.25, 0.3) is 0 Å². The lowest BCUT2D eigenvalue weighted by molar-refractivity contribution is -0.00810. The standard InChI is InChI=1S/C19H27BrN2O2/c1-14-6-5-7-15(16(14)20)12-21-10-11-22(19(13-21)8-9-19)17(23)24-18(2,3)4/h5-7H,8-13H2,1-4H3. The van der Waals surface area contributed by atoms with E-state index in [-0.39, 0.29) is 11.6 Å². The smallest absolute Gasteiger partial charge is 0.410 e. The first-order valence-electron chi connectivity index (χ1n) is 8.67. The molecular weight excluding hydrogens is 368 g/mol. The summed E-state index contributed by atoms with van der Waals surface area (Å²) in [5.41, 5.74) is 2.14. The molecule has 0 atom stereocenters.